The fourth-order valence-electron chi connectivity index (χ4n) is 1.98. The van der Waals surface area contributed by atoms with Crippen LogP contribution in [0.25, 0.3) is 11.0 Å². The SMILES string of the molecule is CC(C)N(CCCN)c1nccc2occc12. The molecule has 2 rings (SSSR count). The van der Waals surface area contributed by atoms with Gasteiger partial charge in [-0.2, -0.15) is 0 Å². The van der Waals surface area contributed by atoms with E-state index in [9.17, 15) is 0 Å². The molecule has 0 aromatic carbocycles. The van der Waals surface area contributed by atoms with Gasteiger partial charge in [-0.05, 0) is 38.9 Å². The monoisotopic (exact) mass is 233 g/mol. The van der Waals surface area contributed by atoms with Crippen LogP contribution in [-0.4, -0.2) is 24.1 Å². The fourth-order valence-corrected chi connectivity index (χ4v) is 1.98. The largest absolute Gasteiger partial charge is 0.464 e. The van der Waals surface area contributed by atoms with Crippen molar-refractivity contribution >= 4 is 16.8 Å². The molecule has 2 N–H and O–H groups in total. The zero-order valence-electron chi connectivity index (χ0n) is 10.4. The Morgan fingerprint density at radius 2 is 2.24 bits per heavy atom. The predicted molar refractivity (Wildman–Crippen MR) is 70.2 cm³/mol. The summed E-state index contributed by atoms with van der Waals surface area (Å²) < 4.78 is 5.40. The van der Waals surface area contributed by atoms with Gasteiger partial charge in [0.05, 0.1) is 11.6 Å². The van der Waals surface area contributed by atoms with Crippen LogP contribution in [0.4, 0.5) is 5.82 Å². The van der Waals surface area contributed by atoms with E-state index in [-0.39, 0.29) is 0 Å². The first-order valence-electron chi connectivity index (χ1n) is 6.03. The molecule has 2 heterocycles. The lowest BCUT2D eigenvalue weighted by Gasteiger charge is -2.28. The molecule has 0 aliphatic heterocycles. The first-order chi connectivity index (χ1) is 8.24. The van der Waals surface area contributed by atoms with Gasteiger partial charge in [0.25, 0.3) is 0 Å². The minimum Gasteiger partial charge on any atom is -0.464 e. The summed E-state index contributed by atoms with van der Waals surface area (Å²) in [6.45, 7) is 5.95. The van der Waals surface area contributed by atoms with Crippen LogP contribution in [0.1, 0.15) is 20.3 Å². The van der Waals surface area contributed by atoms with Crippen LogP contribution in [0.3, 0.4) is 0 Å². The van der Waals surface area contributed by atoms with E-state index in [2.05, 4.69) is 23.7 Å². The number of hydrogen-bond donors (Lipinski definition) is 1. The van der Waals surface area contributed by atoms with Gasteiger partial charge in [-0.1, -0.05) is 0 Å². The van der Waals surface area contributed by atoms with Gasteiger partial charge in [0.1, 0.15) is 11.4 Å². The van der Waals surface area contributed by atoms with E-state index in [1.54, 1.807) is 12.5 Å². The zero-order chi connectivity index (χ0) is 12.3. The van der Waals surface area contributed by atoms with Gasteiger partial charge in [-0.15, -0.1) is 0 Å². The van der Waals surface area contributed by atoms with Crippen molar-refractivity contribution in [1.82, 2.24) is 4.98 Å². The Kier molecular flexibility index (Phi) is 3.64. The standard InChI is InChI=1S/C13H19N3O/c1-10(2)16(8-3-6-14)13-11-5-9-17-12(11)4-7-15-13/h4-5,7,9-10H,3,6,8,14H2,1-2H3. The smallest absolute Gasteiger partial charge is 0.139 e. The quantitative estimate of drug-likeness (QED) is 0.861. The maximum absolute atomic E-state index is 5.58. The summed E-state index contributed by atoms with van der Waals surface area (Å²) in [5.41, 5.74) is 6.46. The molecule has 0 atom stereocenters. The highest BCUT2D eigenvalue weighted by Gasteiger charge is 2.15. The Balaban J connectivity index is 2.37. The lowest BCUT2D eigenvalue weighted by atomic mass is 10.2. The van der Waals surface area contributed by atoms with Crippen LogP contribution in [0.5, 0.6) is 0 Å². The number of nitrogens with two attached hydrogens (primary N) is 1. The minimum atomic E-state index is 0.398. The molecule has 0 amide bonds. The molecule has 0 spiro atoms. The number of nitrogens with zero attached hydrogens (tertiary/aromatic N) is 2. The van der Waals surface area contributed by atoms with Crippen molar-refractivity contribution in [2.75, 3.05) is 18.0 Å². The molecular weight excluding hydrogens is 214 g/mol. The maximum Gasteiger partial charge on any atom is 0.139 e. The van der Waals surface area contributed by atoms with Gasteiger partial charge >= 0.3 is 0 Å². The predicted octanol–water partition coefficient (Wildman–Crippen LogP) is 2.39. The molecule has 0 saturated carbocycles. The Bertz CT molecular complexity index is 478. The average molecular weight is 233 g/mol. The van der Waals surface area contributed by atoms with E-state index in [4.69, 9.17) is 10.2 Å². The molecule has 0 aliphatic carbocycles. The summed E-state index contributed by atoms with van der Waals surface area (Å²) in [6.07, 6.45) is 4.46. The molecule has 0 saturated heterocycles. The molecule has 0 unspecified atom stereocenters. The molecule has 2 aromatic heterocycles. The van der Waals surface area contributed by atoms with Gasteiger partial charge in [0.2, 0.25) is 0 Å². The summed E-state index contributed by atoms with van der Waals surface area (Å²) in [5.74, 6) is 0.986. The number of furan rings is 1. The number of hydrogen-bond acceptors (Lipinski definition) is 4. The summed E-state index contributed by atoms with van der Waals surface area (Å²) in [7, 11) is 0. The third kappa shape index (κ3) is 2.42. The third-order valence-electron chi connectivity index (χ3n) is 2.86. The molecule has 0 radical (unpaired) electrons. The minimum absolute atomic E-state index is 0.398. The Morgan fingerprint density at radius 1 is 1.41 bits per heavy atom. The maximum atomic E-state index is 5.58. The van der Waals surface area contributed by atoms with Crippen LogP contribution in [0.15, 0.2) is 29.0 Å². The summed E-state index contributed by atoms with van der Waals surface area (Å²) in [4.78, 5) is 6.75. The summed E-state index contributed by atoms with van der Waals surface area (Å²) >= 11 is 0. The van der Waals surface area contributed by atoms with Crippen LogP contribution < -0.4 is 10.6 Å². The highest BCUT2D eigenvalue weighted by atomic mass is 16.3. The molecule has 2 aromatic rings. The molecule has 0 fully saturated rings. The number of aromatic nitrogens is 1. The second-order valence-corrected chi connectivity index (χ2v) is 4.40. The van der Waals surface area contributed by atoms with Gasteiger partial charge in [-0.3, -0.25) is 0 Å². The molecule has 0 aliphatic rings. The van der Waals surface area contributed by atoms with Crippen LogP contribution >= 0.6 is 0 Å². The normalized spacial score (nSPS) is 11.3. The topological polar surface area (TPSA) is 55.3 Å². The van der Waals surface area contributed by atoms with Gasteiger partial charge < -0.3 is 15.1 Å². The van der Waals surface area contributed by atoms with Crippen molar-refractivity contribution in [3.63, 3.8) is 0 Å². The molecule has 92 valence electrons. The van der Waals surface area contributed by atoms with Crippen molar-refractivity contribution in [1.29, 1.82) is 0 Å². The van der Waals surface area contributed by atoms with E-state index >= 15 is 0 Å². The van der Waals surface area contributed by atoms with Crippen LogP contribution in [0, 0.1) is 0 Å². The van der Waals surface area contributed by atoms with E-state index in [0.717, 1.165) is 29.8 Å². The molecule has 17 heavy (non-hydrogen) atoms. The van der Waals surface area contributed by atoms with Gasteiger partial charge in [0, 0.05) is 18.8 Å². The van der Waals surface area contributed by atoms with Crippen molar-refractivity contribution in [3.05, 3.63) is 24.6 Å². The van der Waals surface area contributed by atoms with Crippen molar-refractivity contribution in [2.45, 2.75) is 26.3 Å². The van der Waals surface area contributed by atoms with Crippen molar-refractivity contribution in [2.24, 2.45) is 5.73 Å². The summed E-state index contributed by atoms with van der Waals surface area (Å²) in [6, 6.07) is 4.25. The Morgan fingerprint density at radius 3 is 2.94 bits per heavy atom. The van der Waals surface area contributed by atoms with Crippen molar-refractivity contribution < 1.29 is 4.42 Å². The van der Waals surface area contributed by atoms with E-state index in [1.807, 2.05) is 12.1 Å². The second-order valence-electron chi connectivity index (χ2n) is 4.40. The van der Waals surface area contributed by atoms with E-state index in [0.29, 0.717) is 12.6 Å². The highest BCUT2D eigenvalue weighted by Crippen LogP contribution is 2.26. The Hall–Kier alpha value is -1.55. The first kappa shape index (κ1) is 11.9. The zero-order valence-corrected chi connectivity index (χ0v) is 10.4. The fraction of sp³-hybridized carbons (Fsp3) is 0.462. The number of pyridine rings is 1. The number of anilines is 1. The van der Waals surface area contributed by atoms with Gasteiger partial charge in [-0.25, -0.2) is 4.98 Å². The second kappa shape index (κ2) is 5.19. The third-order valence-corrected chi connectivity index (χ3v) is 2.86. The first-order valence-corrected chi connectivity index (χ1v) is 6.03. The number of rotatable bonds is 5. The lowest BCUT2D eigenvalue weighted by Crippen LogP contribution is -2.33. The van der Waals surface area contributed by atoms with Crippen LogP contribution in [-0.2, 0) is 0 Å². The molecule has 4 nitrogen and oxygen atoms in total. The molecule has 4 heteroatoms. The lowest BCUT2D eigenvalue weighted by molar-refractivity contribution is 0.614. The van der Waals surface area contributed by atoms with Crippen molar-refractivity contribution in [3.8, 4) is 0 Å². The molecule has 0 bridgehead atoms. The molecular formula is C13H19N3O. The van der Waals surface area contributed by atoms with E-state index in [1.165, 1.54) is 0 Å². The van der Waals surface area contributed by atoms with E-state index < -0.39 is 0 Å². The average Bonchev–Trinajstić information content (AvgIpc) is 2.77. The van der Waals surface area contributed by atoms with Crippen LogP contribution in [0.2, 0.25) is 0 Å². The Labute approximate surface area is 101 Å². The highest BCUT2D eigenvalue weighted by molar-refractivity contribution is 5.88. The summed E-state index contributed by atoms with van der Waals surface area (Å²) in [5, 5.41) is 1.07. The van der Waals surface area contributed by atoms with Gasteiger partial charge in [0.15, 0.2) is 0 Å². The number of fused-ring (bicyclic) bond motifs is 1.